The molecule has 1 aromatic heterocycles. The Morgan fingerprint density at radius 2 is 2.30 bits per heavy atom. The summed E-state index contributed by atoms with van der Waals surface area (Å²) in [5.74, 6) is 0.544. The van der Waals surface area contributed by atoms with Crippen LogP contribution in [-0.4, -0.2) is 5.91 Å². The molecule has 0 aliphatic heterocycles. The Labute approximate surface area is 127 Å². The molecule has 0 saturated carbocycles. The lowest BCUT2D eigenvalue weighted by atomic mass is 9.87. The van der Waals surface area contributed by atoms with E-state index < -0.39 is 0 Å². The predicted octanol–water partition coefficient (Wildman–Crippen LogP) is 4.55. The molecule has 1 amide bonds. The number of halogens is 1. The fourth-order valence-electron chi connectivity index (χ4n) is 2.72. The van der Waals surface area contributed by atoms with Crippen molar-refractivity contribution in [3.05, 3.63) is 51.7 Å². The first-order chi connectivity index (χ1) is 9.78. The molecule has 2 aromatic rings. The minimum absolute atomic E-state index is 0.00958. The van der Waals surface area contributed by atoms with E-state index in [0.29, 0.717) is 5.88 Å². The lowest BCUT2D eigenvalue weighted by molar-refractivity contribution is -0.117. The van der Waals surface area contributed by atoms with Crippen LogP contribution in [0.3, 0.4) is 0 Å². The van der Waals surface area contributed by atoms with Gasteiger partial charge in [0.25, 0.3) is 0 Å². The summed E-state index contributed by atoms with van der Waals surface area (Å²) in [6, 6.07) is 9.82. The van der Waals surface area contributed by atoms with Crippen molar-refractivity contribution in [3.63, 3.8) is 0 Å². The maximum atomic E-state index is 12.5. The van der Waals surface area contributed by atoms with E-state index in [4.69, 9.17) is 11.6 Å². The molecule has 1 heterocycles. The van der Waals surface area contributed by atoms with Crippen LogP contribution >= 0.6 is 22.9 Å². The van der Waals surface area contributed by atoms with E-state index in [0.717, 1.165) is 30.5 Å². The van der Waals surface area contributed by atoms with Gasteiger partial charge in [-0.25, -0.2) is 0 Å². The van der Waals surface area contributed by atoms with E-state index >= 15 is 0 Å². The van der Waals surface area contributed by atoms with Crippen LogP contribution in [0.5, 0.6) is 0 Å². The number of aryl methyl sites for hydroxylation is 1. The third-order valence-electron chi connectivity index (χ3n) is 3.72. The van der Waals surface area contributed by atoms with Gasteiger partial charge in [-0.05, 0) is 54.0 Å². The molecule has 1 unspecified atom stereocenters. The summed E-state index contributed by atoms with van der Waals surface area (Å²) in [6.45, 7) is 0. The van der Waals surface area contributed by atoms with Crippen molar-refractivity contribution < 1.29 is 4.79 Å². The van der Waals surface area contributed by atoms with Gasteiger partial charge in [-0.3, -0.25) is 4.79 Å². The third-order valence-corrected chi connectivity index (χ3v) is 5.02. The Kier molecular flexibility index (Phi) is 4.08. The summed E-state index contributed by atoms with van der Waals surface area (Å²) >= 11 is 7.59. The van der Waals surface area contributed by atoms with Crippen molar-refractivity contribution in [2.45, 2.75) is 31.1 Å². The maximum Gasteiger partial charge on any atom is 0.231 e. The van der Waals surface area contributed by atoms with E-state index in [2.05, 4.69) is 16.8 Å². The molecular weight excluding hydrogens is 290 g/mol. The van der Waals surface area contributed by atoms with Gasteiger partial charge >= 0.3 is 0 Å². The summed E-state index contributed by atoms with van der Waals surface area (Å²) < 4.78 is 0. The second-order valence-corrected chi connectivity index (χ2v) is 6.34. The Morgan fingerprint density at radius 3 is 3.15 bits per heavy atom. The highest BCUT2D eigenvalue weighted by Crippen LogP contribution is 2.35. The summed E-state index contributed by atoms with van der Waals surface area (Å²) in [5, 5.41) is 5.11. The molecule has 0 spiro atoms. The largest absolute Gasteiger partial charge is 0.326 e. The van der Waals surface area contributed by atoms with Gasteiger partial charge in [0.05, 0.1) is 5.92 Å². The lowest BCUT2D eigenvalue weighted by Gasteiger charge is -2.22. The topological polar surface area (TPSA) is 29.1 Å². The molecule has 1 aliphatic rings. The van der Waals surface area contributed by atoms with Crippen LogP contribution in [0, 0.1) is 0 Å². The second kappa shape index (κ2) is 5.98. The van der Waals surface area contributed by atoms with E-state index in [-0.39, 0.29) is 11.8 Å². The van der Waals surface area contributed by atoms with Crippen LogP contribution in [0.4, 0.5) is 5.69 Å². The summed E-state index contributed by atoms with van der Waals surface area (Å²) in [5.41, 5.74) is 3.06. The number of anilines is 1. The van der Waals surface area contributed by atoms with Gasteiger partial charge in [-0.1, -0.05) is 12.1 Å². The summed E-state index contributed by atoms with van der Waals surface area (Å²) in [6.07, 6.45) is 3.14. The standard InChI is InChI=1S/C16H16ClNOS/c17-10-11-3-1-4-12(9-11)18-16(19)14-5-2-6-15-13(14)7-8-20-15/h1,3-4,7-9,14H,2,5-6,10H2,(H,18,19). The van der Waals surface area contributed by atoms with Crippen molar-refractivity contribution in [2.75, 3.05) is 5.32 Å². The highest BCUT2D eigenvalue weighted by Gasteiger charge is 2.27. The number of amides is 1. The Bertz CT molecular complexity index is 622. The van der Waals surface area contributed by atoms with Crippen molar-refractivity contribution in [2.24, 2.45) is 0 Å². The van der Waals surface area contributed by atoms with Gasteiger partial charge < -0.3 is 5.32 Å². The van der Waals surface area contributed by atoms with Crippen molar-refractivity contribution >= 4 is 34.5 Å². The highest BCUT2D eigenvalue weighted by molar-refractivity contribution is 7.10. The molecule has 1 aliphatic carbocycles. The monoisotopic (exact) mass is 305 g/mol. The number of thiophene rings is 1. The summed E-state index contributed by atoms with van der Waals surface area (Å²) in [7, 11) is 0. The minimum Gasteiger partial charge on any atom is -0.326 e. The molecular formula is C16H16ClNOS. The minimum atomic E-state index is -0.00958. The quantitative estimate of drug-likeness (QED) is 0.828. The average Bonchev–Trinajstić information content (AvgIpc) is 2.95. The third kappa shape index (κ3) is 2.74. The van der Waals surface area contributed by atoms with Gasteiger partial charge in [-0.15, -0.1) is 22.9 Å². The van der Waals surface area contributed by atoms with Crippen LogP contribution in [0.1, 0.15) is 34.8 Å². The van der Waals surface area contributed by atoms with Crippen LogP contribution in [0.25, 0.3) is 0 Å². The molecule has 2 nitrogen and oxygen atoms in total. The number of rotatable bonds is 3. The van der Waals surface area contributed by atoms with Gasteiger partial charge in [0.15, 0.2) is 0 Å². The van der Waals surface area contributed by atoms with E-state index in [1.54, 1.807) is 11.3 Å². The fraction of sp³-hybridized carbons (Fsp3) is 0.312. The first kappa shape index (κ1) is 13.7. The van der Waals surface area contributed by atoms with Gasteiger partial charge in [0.2, 0.25) is 5.91 Å². The number of hydrogen-bond acceptors (Lipinski definition) is 2. The Morgan fingerprint density at radius 1 is 1.40 bits per heavy atom. The zero-order valence-corrected chi connectivity index (χ0v) is 12.6. The molecule has 1 aromatic carbocycles. The number of carbonyl (C=O) groups is 1. The van der Waals surface area contributed by atoms with Crippen LogP contribution in [0.2, 0.25) is 0 Å². The molecule has 104 valence electrons. The zero-order chi connectivity index (χ0) is 13.9. The zero-order valence-electron chi connectivity index (χ0n) is 11.1. The van der Waals surface area contributed by atoms with Crippen LogP contribution in [-0.2, 0) is 17.1 Å². The van der Waals surface area contributed by atoms with Crippen molar-refractivity contribution in [1.29, 1.82) is 0 Å². The Balaban J connectivity index is 1.77. The number of nitrogens with one attached hydrogen (secondary N) is 1. The predicted molar refractivity (Wildman–Crippen MR) is 84.6 cm³/mol. The molecule has 0 saturated heterocycles. The number of benzene rings is 1. The smallest absolute Gasteiger partial charge is 0.231 e. The first-order valence-electron chi connectivity index (χ1n) is 6.80. The van der Waals surface area contributed by atoms with Crippen LogP contribution in [0.15, 0.2) is 35.7 Å². The highest BCUT2D eigenvalue weighted by atomic mass is 35.5. The fourth-order valence-corrected chi connectivity index (χ4v) is 3.87. The maximum absolute atomic E-state index is 12.5. The molecule has 0 bridgehead atoms. The van der Waals surface area contributed by atoms with Crippen molar-refractivity contribution in [1.82, 2.24) is 0 Å². The molecule has 1 N–H and O–H groups in total. The number of alkyl halides is 1. The first-order valence-corrected chi connectivity index (χ1v) is 8.21. The SMILES string of the molecule is O=C(Nc1cccc(CCl)c1)C1CCCc2sccc21. The van der Waals surface area contributed by atoms with Gasteiger partial charge in [-0.2, -0.15) is 0 Å². The summed E-state index contributed by atoms with van der Waals surface area (Å²) in [4.78, 5) is 13.9. The van der Waals surface area contributed by atoms with E-state index in [1.165, 1.54) is 10.4 Å². The molecule has 0 radical (unpaired) electrons. The average molecular weight is 306 g/mol. The second-order valence-electron chi connectivity index (χ2n) is 5.07. The molecule has 0 fully saturated rings. The number of hydrogen-bond donors (Lipinski definition) is 1. The number of carbonyl (C=O) groups excluding carboxylic acids is 1. The molecule has 3 rings (SSSR count). The lowest BCUT2D eigenvalue weighted by Crippen LogP contribution is -2.23. The molecule has 4 heteroatoms. The van der Waals surface area contributed by atoms with Gasteiger partial charge in [0, 0.05) is 16.4 Å². The van der Waals surface area contributed by atoms with Crippen molar-refractivity contribution in [3.8, 4) is 0 Å². The number of fused-ring (bicyclic) bond motifs is 1. The normalized spacial score (nSPS) is 17.6. The van der Waals surface area contributed by atoms with E-state index in [1.807, 2.05) is 24.3 Å². The Hall–Kier alpha value is -1.32. The van der Waals surface area contributed by atoms with Crippen LogP contribution < -0.4 is 5.32 Å². The van der Waals surface area contributed by atoms with E-state index in [9.17, 15) is 4.79 Å². The van der Waals surface area contributed by atoms with Gasteiger partial charge in [0.1, 0.15) is 0 Å². The molecule has 20 heavy (non-hydrogen) atoms. The molecule has 1 atom stereocenters.